The molecule has 2 atom stereocenters. The zero-order valence-corrected chi connectivity index (χ0v) is 26.5. The number of esters is 1. The fourth-order valence-electron chi connectivity index (χ4n) is 6.43. The van der Waals surface area contributed by atoms with Crippen molar-refractivity contribution in [1.29, 1.82) is 0 Å². The number of likely N-dealkylation sites (tertiary alicyclic amines) is 1. The summed E-state index contributed by atoms with van der Waals surface area (Å²) in [6, 6.07) is 29.7. The molecule has 1 heterocycles. The number of amides is 1. The number of rotatable bonds is 13. The molecule has 2 aliphatic rings. The molecule has 0 aromatic heterocycles. The van der Waals surface area contributed by atoms with Crippen LogP contribution in [0.15, 0.2) is 91.0 Å². The number of nitrogens with zero attached hydrogens (tertiary/aromatic N) is 2. The van der Waals surface area contributed by atoms with Gasteiger partial charge in [-0.25, -0.2) is 9.59 Å². The van der Waals surface area contributed by atoms with E-state index >= 15 is 0 Å². The molecule has 1 amide bonds. The fourth-order valence-corrected chi connectivity index (χ4v) is 6.43. The van der Waals surface area contributed by atoms with Crippen LogP contribution in [0.2, 0.25) is 0 Å². The van der Waals surface area contributed by atoms with E-state index in [4.69, 9.17) is 14.2 Å². The Labute approximate surface area is 262 Å². The van der Waals surface area contributed by atoms with Gasteiger partial charge in [-0.2, -0.15) is 0 Å². The van der Waals surface area contributed by atoms with E-state index in [0.717, 1.165) is 37.2 Å². The lowest BCUT2D eigenvalue weighted by atomic mass is 9.86. The molecule has 5 rings (SSSR count). The molecule has 234 valence electrons. The second-order valence-corrected chi connectivity index (χ2v) is 12.9. The Morgan fingerprint density at radius 1 is 0.818 bits per heavy atom. The Morgan fingerprint density at radius 2 is 1.36 bits per heavy atom. The van der Waals surface area contributed by atoms with Crippen LogP contribution < -0.4 is 0 Å². The van der Waals surface area contributed by atoms with Crippen molar-refractivity contribution in [2.75, 3.05) is 32.8 Å². The average Bonchev–Trinajstić information content (AvgIpc) is 3.49. The van der Waals surface area contributed by atoms with Gasteiger partial charge in [0.05, 0.1) is 6.61 Å². The van der Waals surface area contributed by atoms with Crippen molar-refractivity contribution in [2.45, 2.75) is 64.3 Å². The molecule has 2 fully saturated rings. The first-order valence-corrected chi connectivity index (χ1v) is 15.9. The highest BCUT2D eigenvalue weighted by molar-refractivity contribution is 5.86. The molecule has 0 bridgehead atoms. The molecule has 0 spiro atoms. The van der Waals surface area contributed by atoms with E-state index in [0.29, 0.717) is 31.4 Å². The number of hydrogen-bond donors (Lipinski definition) is 0. The van der Waals surface area contributed by atoms with Gasteiger partial charge in [0.25, 0.3) is 0 Å². The van der Waals surface area contributed by atoms with E-state index in [9.17, 15) is 9.59 Å². The van der Waals surface area contributed by atoms with E-state index in [1.807, 2.05) is 99.3 Å². The maximum Gasteiger partial charge on any atom is 0.410 e. The summed E-state index contributed by atoms with van der Waals surface area (Å²) in [4.78, 5) is 31.7. The third-order valence-corrected chi connectivity index (χ3v) is 8.41. The molecule has 3 aromatic carbocycles. The Kier molecular flexibility index (Phi) is 10.1. The Bertz CT molecular complexity index is 1310. The van der Waals surface area contributed by atoms with Crippen molar-refractivity contribution in [3.63, 3.8) is 0 Å². The molecule has 1 aliphatic carbocycles. The summed E-state index contributed by atoms with van der Waals surface area (Å²) in [6.07, 6.45) is 0.959. The Morgan fingerprint density at radius 3 is 1.89 bits per heavy atom. The second-order valence-electron chi connectivity index (χ2n) is 12.9. The number of carbonyl (C=O) groups is 2. The van der Waals surface area contributed by atoms with Crippen LogP contribution in [0.3, 0.4) is 0 Å². The summed E-state index contributed by atoms with van der Waals surface area (Å²) in [6.45, 7) is 11.6. The summed E-state index contributed by atoms with van der Waals surface area (Å²) >= 11 is 0. The first kappa shape index (κ1) is 31.7. The summed E-state index contributed by atoms with van der Waals surface area (Å²) < 4.78 is 18.2. The molecule has 7 heteroatoms. The van der Waals surface area contributed by atoms with Crippen LogP contribution in [0.25, 0.3) is 0 Å². The molecule has 1 aliphatic heterocycles. The van der Waals surface area contributed by atoms with E-state index in [-0.39, 0.29) is 18.7 Å². The molecule has 1 saturated heterocycles. The van der Waals surface area contributed by atoms with Gasteiger partial charge >= 0.3 is 12.1 Å². The highest BCUT2D eigenvalue weighted by Crippen LogP contribution is 2.49. The first-order valence-electron chi connectivity index (χ1n) is 15.9. The minimum atomic E-state index is -1.38. The van der Waals surface area contributed by atoms with Gasteiger partial charge in [-0.3, -0.25) is 4.90 Å². The lowest BCUT2D eigenvalue weighted by Gasteiger charge is -2.33. The Balaban J connectivity index is 1.25. The van der Waals surface area contributed by atoms with Crippen molar-refractivity contribution < 1.29 is 23.8 Å². The monoisotopic (exact) mass is 598 g/mol. The lowest BCUT2D eigenvalue weighted by molar-refractivity contribution is -0.169. The molecular weight excluding hydrogens is 552 g/mol. The van der Waals surface area contributed by atoms with Crippen LogP contribution in [0.5, 0.6) is 0 Å². The smallest absolute Gasteiger partial charge is 0.410 e. The molecule has 44 heavy (non-hydrogen) atoms. The molecule has 3 aromatic rings. The topological polar surface area (TPSA) is 68.3 Å². The van der Waals surface area contributed by atoms with E-state index in [2.05, 4.69) is 29.2 Å². The van der Waals surface area contributed by atoms with Gasteiger partial charge in [0.2, 0.25) is 5.60 Å². The number of fused-ring (bicyclic) bond motifs is 1. The zero-order valence-electron chi connectivity index (χ0n) is 26.5. The van der Waals surface area contributed by atoms with Gasteiger partial charge in [-0.15, -0.1) is 0 Å². The molecule has 1 saturated carbocycles. The summed E-state index contributed by atoms with van der Waals surface area (Å²) in [5, 5.41) is 0. The molecule has 0 N–H and O–H groups in total. The van der Waals surface area contributed by atoms with Crippen LogP contribution in [-0.4, -0.2) is 66.4 Å². The number of benzene rings is 3. The predicted molar refractivity (Wildman–Crippen MR) is 171 cm³/mol. The van der Waals surface area contributed by atoms with Crippen LogP contribution in [0.4, 0.5) is 4.79 Å². The maximum atomic E-state index is 14.0. The quantitative estimate of drug-likeness (QED) is 0.162. The minimum Gasteiger partial charge on any atom is -0.463 e. The normalized spacial score (nSPS) is 19.7. The molecule has 0 radical (unpaired) electrons. The highest BCUT2D eigenvalue weighted by atomic mass is 16.6. The van der Waals surface area contributed by atoms with Crippen LogP contribution in [0.1, 0.15) is 57.2 Å². The number of ether oxygens (including phenoxy) is 3. The van der Waals surface area contributed by atoms with Gasteiger partial charge in [0.15, 0.2) is 0 Å². The van der Waals surface area contributed by atoms with Gasteiger partial charge in [-0.1, -0.05) is 97.9 Å². The van der Waals surface area contributed by atoms with Gasteiger partial charge < -0.3 is 19.1 Å². The third kappa shape index (κ3) is 7.33. The standard InChI is InChI=1S/C37H46N2O5/c1-5-23-43-37(29-18-11-7-12-19-29,30-20-13-8-14-21-30)34(40)42-24-15-22-39(35(41)44-36(2,3)4)33-31-26-38(27-32(31)33)25-28-16-9-6-10-17-28/h6-14,16-21,31-33H,5,15,22-27H2,1-4H3. The number of piperidine rings is 1. The summed E-state index contributed by atoms with van der Waals surface area (Å²) in [5.41, 5.74) is 0.796. The Hall–Kier alpha value is -3.68. The second kappa shape index (κ2) is 14.0. The highest BCUT2D eigenvalue weighted by Gasteiger charge is 2.59. The van der Waals surface area contributed by atoms with E-state index in [1.54, 1.807) is 0 Å². The molecular formula is C37H46N2O5. The van der Waals surface area contributed by atoms with Crippen LogP contribution in [0, 0.1) is 11.8 Å². The average molecular weight is 599 g/mol. The zero-order chi connectivity index (χ0) is 31.2. The SMILES string of the molecule is CCCOC(C(=O)OCCCN(C(=O)OC(C)(C)C)C1C2CN(Cc3ccccc3)CC21)(c1ccccc1)c1ccccc1. The van der Waals surface area contributed by atoms with Gasteiger partial charge in [0, 0.05) is 38.8 Å². The van der Waals surface area contributed by atoms with E-state index < -0.39 is 17.2 Å². The fraction of sp³-hybridized carbons (Fsp3) is 0.459. The summed E-state index contributed by atoms with van der Waals surface area (Å²) in [7, 11) is 0. The maximum absolute atomic E-state index is 14.0. The third-order valence-electron chi connectivity index (χ3n) is 8.41. The van der Waals surface area contributed by atoms with Crippen LogP contribution in [-0.2, 0) is 31.2 Å². The van der Waals surface area contributed by atoms with Gasteiger partial charge in [-0.05, 0) is 62.1 Å². The number of carbonyl (C=O) groups excluding carboxylic acids is 2. The van der Waals surface area contributed by atoms with Crippen molar-refractivity contribution in [3.8, 4) is 0 Å². The van der Waals surface area contributed by atoms with E-state index in [1.165, 1.54) is 5.56 Å². The van der Waals surface area contributed by atoms with Crippen LogP contribution >= 0.6 is 0 Å². The summed E-state index contributed by atoms with van der Waals surface area (Å²) in [5.74, 6) is 0.409. The van der Waals surface area contributed by atoms with Crippen molar-refractivity contribution in [2.24, 2.45) is 11.8 Å². The number of hydrogen-bond acceptors (Lipinski definition) is 6. The largest absolute Gasteiger partial charge is 0.463 e. The first-order chi connectivity index (χ1) is 21.2. The predicted octanol–water partition coefficient (Wildman–Crippen LogP) is 6.66. The molecule has 2 unspecified atom stereocenters. The van der Waals surface area contributed by atoms with Gasteiger partial charge in [0.1, 0.15) is 5.60 Å². The lowest BCUT2D eigenvalue weighted by Crippen LogP contribution is -2.43. The minimum absolute atomic E-state index is 0.146. The van der Waals surface area contributed by atoms with Crippen molar-refractivity contribution >= 4 is 12.1 Å². The van der Waals surface area contributed by atoms with Crippen molar-refractivity contribution in [1.82, 2.24) is 9.80 Å². The van der Waals surface area contributed by atoms with Crippen molar-refractivity contribution in [3.05, 3.63) is 108 Å². The molecule has 7 nitrogen and oxygen atoms in total.